The van der Waals surface area contributed by atoms with Crippen molar-refractivity contribution in [3.63, 3.8) is 0 Å². The van der Waals surface area contributed by atoms with Crippen LogP contribution in [0.4, 0.5) is 5.69 Å². The van der Waals surface area contributed by atoms with Crippen LogP contribution in [0.1, 0.15) is 21.5 Å². The number of hydrogen-bond donors (Lipinski definition) is 1. The third-order valence-electron chi connectivity index (χ3n) is 4.20. The summed E-state index contributed by atoms with van der Waals surface area (Å²) in [6.07, 6.45) is 3.58. The van der Waals surface area contributed by atoms with Gasteiger partial charge in [0.15, 0.2) is 0 Å². The number of hydrogen-bond acceptors (Lipinski definition) is 3. The number of rotatable bonds is 5. The van der Waals surface area contributed by atoms with Crippen molar-refractivity contribution < 1.29 is 4.79 Å². The fraction of sp³-hybridized carbons (Fsp3) is 0.143. The summed E-state index contributed by atoms with van der Waals surface area (Å²) in [7, 11) is 0. The first-order valence-corrected chi connectivity index (χ1v) is 9.50. The average molecular weight is 364 g/mol. The van der Waals surface area contributed by atoms with E-state index < -0.39 is 0 Å². The molecule has 2 aromatic carbocycles. The van der Waals surface area contributed by atoms with Crippen LogP contribution < -0.4 is 10.9 Å². The number of benzene rings is 2. The van der Waals surface area contributed by atoms with Gasteiger partial charge in [0, 0.05) is 17.2 Å². The molecule has 0 aliphatic carbocycles. The summed E-state index contributed by atoms with van der Waals surface area (Å²) in [5.41, 5.74) is 3.26. The molecule has 0 radical (unpaired) electrons. The minimum Gasteiger partial charge on any atom is -0.321 e. The molecule has 0 atom stereocenters. The number of nitrogens with one attached hydrogen (secondary N) is 1. The predicted molar refractivity (Wildman–Crippen MR) is 107 cm³/mol. The summed E-state index contributed by atoms with van der Waals surface area (Å²) >= 11 is 1.57. The van der Waals surface area contributed by atoms with Crippen LogP contribution in [0.15, 0.2) is 76.6 Å². The van der Waals surface area contributed by atoms with Gasteiger partial charge in [-0.05, 0) is 42.5 Å². The van der Waals surface area contributed by atoms with Gasteiger partial charge in [0.05, 0.1) is 17.8 Å². The molecule has 0 saturated carbocycles. The molecule has 3 aromatic rings. The molecule has 0 bridgehead atoms. The van der Waals surface area contributed by atoms with Crippen molar-refractivity contribution in [1.29, 1.82) is 0 Å². The van der Waals surface area contributed by atoms with Crippen molar-refractivity contribution >= 4 is 23.4 Å². The Kier molecular flexibility index (Phi) is 5.58. The van der Waals surface area contributed by atoms with Crippen LogP contribution in [-0.4, -0.2) is 16.7 Å². The van der Waals surface area contributed by atoms with Gasteiger partial charge in [-0.25, -0.2) is 0 Å². The number of carbonyl (C=O) groups excluding carboxylic acids is 1. The third kappa shape index (κ3) is 4.06. The maximum absolute atomic E-state index is 12.6. The molecule has 1 heterocycles. The minimum absolute atomic E-state index is 0.130. The Morgan fingerprint density at radius 2 is 1.77 bits per heavy atom. The number of pyridine rings is 1. The molecule has 1 amide bonds. The molecule has 1 aromatic heterocycles. The smallest absolute Gasteiger partial charge is 0.257 e. The summed E-state index contributed by atoms with van der Waals surface area (Å²) in [4.78, 5) is 25.8. The van der Waals surface area contributed by atoms with E-state index in [1.165, 1.54) is 6.07 Å². The number of para-hydroxylation sites is 1. The van der Waals surface area contributed by atoms with Gasteiger partial charge in [-0.3, -0.25) is 9.59 Å². The summed E-state index contributed by atoms with van der Waals surface area (Å²) in [6.45, 7) is 2.45. The van der Waals surface area contributed by atoms with Gasteiger partial charge in [0.2, 0.25) is 0 Å². The van der Waals surface area contributed by atoms with E-state index in [-0.39, 0.29) is 11.5 Å². The molecule has 4 nitrogen and oxygen atoms in total. The Hall–Kier alpha value is -2.79. The molecule has 3 rings (SSSR count). The van der Waals surface area contributed by atoms with Crippen LogP contribution in [0, 0.1) is 6.92 Å². The number of carbonyl (C=O) groups is 1. The van der Waals surface area contributed by atoms with E-state index in [4.69, 9.17) is 0 Å². The van der Waals surface area contributed by atoms with Gasteiger partial charge < -0.3 is 9.88 Å². The second-order valence-corrected chi connectivity index (χ2v) is 6.81. The molecular weight excluding hydrogens is 344 g/mol. The highest BCUT2D eigenvalue weighted by Crippen LogP contribution is 2.25. The zero-order chi connectivity index (χ0) is 18.5. The van der Waals surface area contributed by atoms with Crippen LogP contribution in [0.5, 0.6) is 0 Å². The maximum Gasteiger partial charge on any atom is 0.257 e. The van der Waals surface area contributed by atoms with Gasteiger partial charge >= 0.3 is 0 Å². The fourth-order valence-corrected chi connectivity index (χ4v) is 3.26. The summed E-state index contributed by atoms with van der Waals surface area (Å²) in [6, 6.07) is 18.6. The molecule has 26 heavy (non-hydrogen) atoms. The highest BCUT2D eigenvalue weighted by molar-refractivity contribution is 7.98. The maximum atomic E-state index is 12.6. The molecule has 0 aliphatic heterocycles. The minimum atomic E-state index is -0.231. The lowest BCUT2D eigenvalue weighted by Gasteiger charge is -2.12. The molecule has 1 N–H and O–H groups in total. The first-order valence-electron chi connectivity index (χ1n) is 8.28. The van der Waals surface area contributed by atoms with E-state index in [9.17, 15) is 9.59 Å². The molecular formula is C21H20N2O2S. The fourth-order valence-electron chi connectivity index (χ4n) is 2.70. The number of nitrogens with zero attached hydrogens (tertiary/aromatic N) is 1. The van der Waals surface area contributed by atoms with E-state index in [0.717, 1.165) is 21.7 Å². The molecule has 5 heteroatoms. The Morgan fingerprint density at radius 1 is 1.04 bits per heavy atom. The van der Waals surface area contributed by atoms with Gasteiger partial charge in [-0.1, -0.05) is 36.4 Å². The monoisotopic (exact) mass is 364 g/mol. The Labute approximate surface area is 156 Å². The molecule has 0 spiro atoms. The van der Waals surface area contributed by atoms with Crippen LogP contribution in [0.2, 0.25) is 0 Å². The van der Waals surface area contributed by atoms with Crippen molar-refractivity contribution in [2.24, 2.45) is 0 Å². The van der Waals surface area contributed by atoms with E-state index in [0.29, 0.717) is 12.1 Å². The van der Waals surface area contributed by atoms with Crippen molar-refractivity contribution in [3.05, 3.63) is 93.9 Å². The number of thioether (sulfide) groups is 1. The number of aromatic nitrogens is 1. The first kappa shape index (κ1) is 18.0. The second-order valence-electron chi connectivity index (χ2n) is 5.96. The lowest BCUT2D eigenvalue weighted by atomic mass is 10.1. The summed E-state index contributed by atoms with van der Waals surface area (Å²) in [5, 5.41) is 2.92. The zero-order valence-corrected chi connectivity index (χ0v) is 15.5. The van der Waals surface area contributed by atoms with Crippen molar-refractivity contribution in [1.82, 2.24) is 4.57 Å². The van der Waals surface area contributed by atoms with Crippen molar-refractivity contribution in [2.75, 3.05) is 11.6 Å². The quantitative estimate of drug-likeness (QED) is 0.691. The molecule has 0 fully saturated rings. The van der Waals surface area contributed by atoms with Crippen LogP contribution >= 0.6 is 11.8 Å². The van der Waals surface area contributed by atoms with Gasteiger partial charge in [0.25, 0.3) is 11.5 Å². The van der Waals surface area contributed by atoms with Crippen molar-refractivity contribution in [2.45, 2.75) is 18.4 Å². The topological polar surface area (TPSA) is 51.1 Å². The third-order valence-corrected chi connectivity index (χ3v) is 5.00. The Bertz CT molecular complexity index is 995. The zero-order valence-electron chi connectivity index (χ0n) is 14.7. The van der Waals surface area contributed by atoms with Gasteiger partial charge in [0.1, 0.15) is 0 Å². The Balaban J connectivity index is 1.86. The normalized spacial score (nSPS) is 10.5. The van der Waals surface area contributed by atoms with Crippen LogP contribution in [0.25, 0.3) is 0 Å². The van der Waals surface area contributed by atoms with Crippen molar-refractivity contribution in [3.8, 4) is 0 Å². The number of aryl methyl sites for hydroxylation is 1. The van der Waals surface area contributed by atoms with Gasteiger partial charge in [-0.2, -0.15) is 0 Å². The molecule has 0 aliphatic rings. The molecule has 132 valence electrons. The van der Waals surface area contributed by atoms with E-state index >= 15 is 0 Å². The SMILES string of the molecule is CSc1ccccc1NC(=O)c1ccc(=O)n(Cc2ccccc2C)c1. The lowest BCUT2D eigenvalue weighted by molar-refractivity contribution is 0.102. The number of anilines is 1. The number of amides is 1. The summed E-state index contributed by atoms with van der Waals surface area (Å²) < 4.78 is 1.57. The van der Waals surface area contributed by atoms with E-state index in [2.05, 4.69) is 5.32 Å². The molecule has 0 saturated heterocycles. The van der Waals surface area contributed by atoms with Crippen LogP contribution in [-0.2, 0) is 6.54 Å². The van der Waals surface area contributed by atoms with E-state index in [1.54, 1.807) is 28.6 Å². The average Bonchev–Trinajstić information content (AvgIpc) is 2.65. The standard InChI is InChI=1S/C21H20N2O2S/c1-15-7-3-4-8-16(15)13-23-14-17(11-12-20(23)24)21(25)22-18-9-5-6-10-19(18)26-2/h3-12,14H,13H2,1-2H3,(H,22,25). The Morgan fingerprint density at radius 3 is 2.54 bits per heavy atom. The second kappa shape index (κ2) is 8.06. The lowest BCUT2D eigenvalue weighted by Crippen LogP contribution is -2.23. The molecule has 0 unspecified atom stereocenters. The van der Waals surface area contributed by atoms with Crippen LogP contribution in [0.3, 0.4) is 0 Å². The highest BCUT2D eigenvalue weighted by atomic mass is 32.2. The largest absolute Gasteiger partial charge is 0.321 e. The highest BCUT2D eigenvalue weighted by Gasteiger charge is 2.11. The predicted octanol–water partition coefficient (Wildman–Crippen LogP) is 4.18. The first-order chi connectivity index (χ1) is 12.6. The van der Waals surface area contributed by atoms with E-state index in [1.807, 2.05) is 61.7 Å². The van der Waals surface area contributed by atoms with Gasteiger partial charge in [-0.15, -0.1) is 11.8 Å². The summed E-state index contributed by atoms with van der Waals surface area (Å²) in [5.74, 6) is -0.231.